The minimum absolute atomic E-state index is 0.0202. The van der Waals surface area contributed by atoms with Crippen LogP contribution in [0.2, 0.25) is 0 Å². The van der Waals surface area contributed by atoms with Crippen molar-refractivity contribution in [2.75, 3.05) is 26.7 Å². The number of hydrogen-bond acceptors (Lipinski definition) is 5. The highest BCUT2D eigenvalue weighted by molar-refractivity contribution is 7.89. The van der Waals surface area contributed by atoms with Crippen molar-refractivity contribution in [2.45, 2.75) is 24.2 Å². The number of guanidine groups is 1. The molecule has 0 unspecified atom stereocenters. The highest BCUT2D eigenvalue weighted by Crippen LogP contribution is 2.26. The molecule has 0 amide bonds. The monoisotopic (exact) mass is 395 g/mol. The number of rotatable bonds is 8. The smallest absolute Gasteiger partial charge is 0.242 e. The molecule has 142 valence electrons. The summed E-state index contributed by atoms with van der Waals surface area (Å²) in [5.41, 5.74) is -0.0202. The number of hydrogen-bond donors (Lipinski definition) is 3. The van der Waals surface area contributed by atoms with E-state index in [2.05, 4.69) is 50.6 Å². The largest absolute Gasteiger partial charge is 0.356 e. The highest BCUT2D eigenvalue weighted by Gasteiger charge is 2.22. The first kappa shape index (κ1) is 20.3. The minimum Gasteiger partial charge on any atom is -0.356 e. The maximum absolute atomic E-state index is 12.1. The van der Waals surface area contributed by atoms with E-state index < -0.39 is 10.0 Å². The summed E-state index contributed by atoms with van der Waals surface area (Å²) >= 11 is 1.73. The Morgan fingerprint density at radius 3 is 2.65 bits per heavy atom. The van der Waals surface area contributed by atoms with E-state index in [1.165, 1.54) is 23.3 Å². The Morgan fingerprint density at radius 2 is 2.04 bits per heavy atom. The Kier molecular flexibility index (Phi) is 7.13. The van der Waals surface area contributed by atoms with Crippen LogP contribution in [0.1, 0.15) is 18.7 Å². The van der Waals surface area contributed by atoms with Gasteiger partial charge in [0.15, 0.2) is 5.96 Å². The van der Waals surface area contributed by atoms with Crippen molar-refractivity contribution in [3.63, 3.8) is 0 Å². The molecule has 0 bridgehead atoms. The van der Waals surface area contributed by atoms with E-state index in [0.29, 0.717) is 19.0 Å². The van der Waals surface area contributed by atoms with E-state index in [1.54, 1.807) is 24.5 Å². The van der Waals surface area contributed by atoms with Crippen LogP contribution in [0.5, 0.6) is 0 Å². The van der Waals surface area contributed by atoms with Crippen molar-refractivity contribution in [3.05, 3.63) is 46.9 Å². The van der Waals surface area contributed by atoms with Crippen molar-refractivity contribution in [1.29, 1.82) is 0 Å². The minimum atomic E-state index is -3.54. The van der Waals surface area contributed by atoms with Gasteiger partial charge >= 0.3 is 0 Å². The first-order chi connectivity index (χ1) is 12.3. The van der Waals surface area contributed by atoms with Crippen molar-refractivity contribution in [2.24, 2.45) is 4.99 Å². The van der Waals surface area contributed by atoms with Crippen molar-refractivity contribution < 1.29 is 8.42 Å². The van der Waals surface area contributed by atoms with Crippen LogP contribution < -0.4 is 15.4 Å². The lowest BCUT2D eigenvalue weighted by atomic mass is 9.91. The predicted molar refractivity (Wildman–Crippen MR) is 106 cm³/mol. The zero-order valence-electron chi connectivity index (χ0n) is 15.2. The molecular formula is C17H25N5O2S2. The number of aliphatic imine (C=N–C) groups is 1. The van der Waals surface area contributed by atoms with Gasteiger partial charge in [-0.25, -0.2) is 13.1 Å². The fourth-order valence-corrected chi connectivity index (χ4v) is 4.08. The predicted octanol–water partition coefficient (Wildman–Crippen LogP) is 1.56. The first-order valence-corrected chi connectivity index (χ1v) is 10.6. The van der Waals surface area contributed by atoms with Gasteiger partial charge in [0.2, 0.25) is 10.0 Å². The summed E-state index contributed by atoms with van der Waals surface area (Å²) in [5, 5.41) is 8.46. The van der Waals surface area contributed by atoms with E-state index in [4.69, 9.17) is 0 Å². The van der Waals surface area contributed by atoms with Crippen LogP contribution in [-0.4, -0.2) is 46.0 Å². The average Bonchev–Trinajstić information content (AvgIpc) is 3.17. The quantitative estimate of drug-likeness (QED) is 0.358. The van der Waals surface area contributed by atoms with Crippen molar-refractivity contribution in [1.82, 2.24) is 20.3 Å². The molecule has 7 nitrogen and oxygen atoms in total. The van der Waals surface area contributed by atoms with Crippen LogP contribution in [0.3, 0.4) is 0 Å². The molecule has 2 rings (SSSR count). The second kappa shape index (κ2) is 9.11. The molecule has 2 heterocycles. The van der Waals surface area contributed by atoms with E-state index >= 15 is 0 Å². The lowest BCUT2D eigenvalue weighted by molar-refractivity contribution is 0.518. The molecule has 0 saturated carbocycles. The Morgan fingerprint density at radius 1 is 1.23 bits per heavy atom. The van der Waals surface area contributed by atoms with Gasteiger partial charge in [0, 0.05) is 49.4 Å². The second-order valence-corrected chi connectivity index (χ2v) is 9.01. The zero-order valence-corrected chi connectivity index (χ0v) is 16.8. The fraction of sp³-hybridized carbons (Fsp3) is 0.412. The SMILES string of the molecule is CN=C(NCCNS(=O)(=O)c1cccnc1)NCC(C)(C)c1cccs1. The molecule has 0 fully saturated rings. The summed E-state index contributed by atoms with van der Waals surface area (Å²) in [6.45, 7) is 5.71. The van der Waals surface area contributed by atoms with Crippen LogP contribution in [0.4, 0.5) is 0 Å². The first-order valence-electron chi connectivity index (χ1n) is 8.23. The molecule has 0 saturated heterocycles. The van der Waals surface area contributed by atoms with Gasteiger partial charge in [-0.05, 0) is 23.6 Å². The number of nitrogens with one attached hydrogen (secondary N) is 3. The Bertz CT molecular complexity index is 803. The van der Waals surface area contributed by atoms with E-state index in [1.807, 2.05) is 6.07 Å². The number of thiophene rings is 1. The van der Waals surface area contributed by atoms with Crippen molar-refractivity contribution >= 4 is 27.3 Å². The standard InChI is InChI=1S/C17H25N5O2S2/c1-17(2,15-7-5-11-25-15)13-21-16(18-3)20-9-10-22-26(23,24)14-6-4-8-19-12-14/h4-8,11-12,22H,9-10,13H2,1-3H3,(H2,18,20,21). The van der Waals surface area contributed by atoms with Gasteiger partial charge in [-0.3, -0.25) is 9.98 Å². The number of aromatic nitrogens is 1. The van der Waals surface area contributed by atoms with Gasteiger partial charge in [-0.1, -0.05) is 19.9 Å². The van der Waals surface area contributed by atoms with Gasteiger partial charge < -0.3 is 10.6 Å². The summed E-state index contributed by atoms with van der Waals surface area (Å²) in [6.07, 6.45) is 2.86. The second-order valence-electron chi connectivity index (χ2n) is 6.30. The summed E-state index contributed by atoms with van der Waals surface area (Å²) in [5.74, 6) is 0.634. The lowest BCUT2D eigenvalue weighted by Crippen LogP contribution is -2.45. The number of sulfonamides is 1. The molecule has 9 heteroatoms. The molecule has 2 aromatic rings. The molecule has 0 spiro atoms. The van der Waals surface area contributed by atoms with Crippen LogP contribution >= 0.6 is 11.3 Å². The molecule has 0 aliphatic heterocycles. The number of pyridine rings is 1. The Balaban J connectivity index is 1.77. The maximum atomic E-state index is 12.1. The highest BCUT2D eigenvalue weighted by atomic mass is 32.2. The van der Waals surface area contributed by atoms with E-state index in [9.17, 15) is 8.42 Å². The van der Waals surface area contributed by atoms with E-state index in [0.717, 1.165) is 0 Å². The molecule has 3 N–H and O–H groups in total. The summed E-state index contributed by atoms with van der Waals surface area (Å²) in [4.78, 5) is 9.45. The molecule has 26 heavy (non-hydrogen) atoms. The molecule has 0 aliphatic carbocycles. The molecule has 0 aromatic carbocycles. The van der Waals surface area contributed by atoms with Crippen LogP contribution in [0.25, 0.3) is 0 Å². The van der Waals surface area contributed by atoms with Gasteiger partial charge in [-0.15, -0.1) is 11.3 Å². The molecule has 0 aliphatic rings. The van der Waals surface area contributed by atoms with Gasteiger partial charge in [0.25, 0.3) is 0 Å². The summed E-state index contributed by atoms with van der Waals surface area (Å²) in [7, 11) is -1.85. The van der Waals surface area contributed by atoms with Gasteiger partial charge in [-0.2, -0.15) is 0 Å². The van der Waals surface area contributed by atoms with E-state index in [-0.39, 0.29) is 16.9 Å². The molecule has 0 atom stereocenters. The third-order valence-corrected chi connectivity index (χ3v) is 6.45. The Hall–Kier alpha value is -1.97. The zero-order chi connectivity index (χ0) is 19.0. The van der Waals surface area contributed by atoms with Crippen LogP contribution in [-0.2, 0) is 15.4 Å². The molecular weight excluding hydrogens is 370 g/mol. The Labute approximate surface area is 159 Å². The normalized spacial score (nSPS) is 12.8. The van der Waals surface area contributed by atoms with Crippen LogP contribution in [0.15, 0.2) is 51.9 Å². The summed E-state index contributed by atoms with van der Waals surface area (Å²) < 4.78 is 26.8. The fourth-order valence-electron chi connectivity index (χ4n) is 2.23. The van der Waals surface area contributed by atoms with Gasteiger partial charge in [0.05, 0.1) is 0 Å². The molecule has 0 radical (unpaired) electrons. The summed E-state index contributed by atoms with van der Waals surface area (Å²) in [6, 6.07) is 7.27. The van der Waals surface area contributed by atoms with Crippen molar-refractivity contribution in [3.8, 4) is 0 Å². The lowest BCUT2D eigenvalue weighted by Gasteiger charge is -2.25. The van der Waals surface area contributed by atoms with Crippen LogP contribution in [0, 0.1) is 0 Å². The molecule has 2 aromatic heterocycles. The topological polar surface area (TPSA) is 95.5 Å². The van der Waals surface area contributed by atoms with Gasteiger partial charge in [0.1, 0.15) is 4.90 Å². The third kappa shape index (κ3) is 5.79. The third-order valence-electron chi connectivity index (χ3n) is 3.76. The maximum Gasteiger partial charge on any atom is 0.242 e. The average molecular weight is 396 g/mol. The number of nitrogens with zero attached hydrogens (tertiary/aromatic N) is 2.